The highest BCUT2D eigenvalue weighted by Gasteiger charge is 2.39. The highest BCUT2D eigenvalue weighted by atomic mass is 16.6. The maximum absolute atomic E-state index is 12.4. The van der Waals surface area contributed by atoms with Crippen molar-refractivity contribution in [3.05, 3.63) is 0 Å². The van der Waals surface area contributed by atoms with E-state index < -0.39 is 0 Å². The van der Waals surface area contributed by atoms with Gasteiger partial charge in [0.05, 0.1) is 64.6 Å². The van der Waals surface area contributed by atoms with Crippen LogP contribution in [-0.4, -0.2) is 91.8 Å². The van der Waals surface area contributed by atoms with Gasteiger partial charge in [-0.2, -0.15) is 0 Å². The van der Waals surface area contributed by atoms with Crippen LogP contribution in [0, 0.1) is 0 Å². The quantitative estimate of drug-likeness (QED) is 0.587. The van der Waals surface area contributed by atoms with Crippen molar-refractivity contribution in [3.8, 4) is 0 Å². The van der Waals surface area contributed by atoms with Crippen LogP contribution in [0.1, 0.15) is 0 Å². The van der Waals surface area contributed by atoms with Crippen LogP contribution in [0.5, 0.6) is 0 Å². The Labute approximate surface area is 112 Å². The van der Waals surface area contributed by atoms with Crippen molar-refractivity contribution in [3.63, 3.8) is 0 Å². The Balaban J connectivity index is 1.40. The maximum atomic E-state index is 12.4. The van der Waals surface area contributed by atoms with E-state index in [-0.39, 0.29) is 18.2 Å². The molecule has 4 fully saturated rings. The summed E-state index contributed by atoms with van der Waals surface area (Å²) >= 11 is 0. The fourth-order valence-electron chi connectivity index (χ4n) is 2.54. The predicted molar refractivity (Wildman–Crippen MR) is 64.5 cm³/mol. The zero-order valence-corrected chi connectivity index (χ0v) is 10.9. The minimum Gasteiger partial charge on any atom is -0.372 e. The van der Waals surface area contributed by atoms with Gasteiger partial charge in [-0.05, 0) is 0 Å². The van der Waals surface area contributed by atoms with Crippen LogP contribution in [0.3, 0.4) is 0 Å². The zero-order chi connectivity index (χ0) is 12.8. The normalized spacial score (nSPS) is 37.7. The van der Waals surface area contributed by atoms with Crippen molar-refractivity contribution in [2.45, 2.75) is 18.3 Å². The molecule has 2 amide bonds. The molecule has 0 spiro atoms. The highest BCUT2D eigenvalue weighted by Crippen LogP contribution is 2.21. The van der Waals surface area contributed by atoms with Gasteiger partial charge in [-0.1, -0.05) is 0 Å². The van der Waals surface area contributed by atoms with Crippen LogP contribution in [0.25, 0.3) is 0 Å². The molecule has 19 heavy (non-hydrogen) atoms. The summed E-state index contributed by atoms with van der Waals surface area (Å²) in [4.78, 5) is 18.4. The third-order valence-electron chi connectivity index (χ3n) is 3.80. The highest BCUT2D eigenvalue weighted by molar-refractivity contribution is 5.75. The molecule has 7 nitrogen and oxygen atoms in total. The smallest absolute Gasteiger partial charge is 0.322 e. The first-order valence-electron chi connectivity index (χ1n) is 6.89. The molecule has 4 heterocycles. The van der Waals surface area contributed by atoms with Crippen LogP contribution >= 0.6 is 0 Å². The SMILES string of the molecule is O=C1N(CC2CO2)CN(CC2CO2)CN1CC1CO1. The third-order valence-corrected chi connectivity index (χ3v) is 3.80. The standard InChI is InChI=1S/C12H19N3O4/c16-12-14(2-10-5-18-10)7-13(1-9-4-17-9)8-15(12)3-11-6-19-11/h9-11H,1-8H2. The Kier molecular flexibility index (Phi) is 2.87. The second-order valence-corrected chi connectivity index (χ2v) is 5.73. The van der Waals surface area contributed by atoms with E-state index in [1.807, 2.05) is 9.80 Å². The summed E-state index contributed by atoms with van der Waals surface area (Å²) < 4.78 is 15.8. The number of rotatable bonds is 6. The van der Waals surface area contributed by atoms with Gasteiger partial charge < -0.3 is 24.0 Å². The molecule has 0 aromatic carbocycles. The van der Waals surface area contributed by atoms with Gasteiger partial charge in [-0.3, -0.25) is 4.90 Å². The molecule has 0 radical (unpaired) electrons. The van der Waals surface area contributed by atoms with E-state index >= 15 is 0 Å². The van der Waals surface area contributed by atoms with E-state index in [2.05, 4.69) is 4.90 Å². The molecule has 3 atom stereocenters. The molecule has 0 saturated carbocycles. The summed E-state index contributed by atoms with van der Waals surface area (Å²) in [5.74, 6) is 0. The van der Waals surface area contributed by atoms with E-state index in [1.165, 1.54) is 0 Å². The molecule has 4 rings (SSSR count). The van der Waals surface area contributed by atoms with Gasteiger partial charge in [0.2, 0.25) is 0 Å². The van der Waals surface area contributed by atoms with E-state index in [1.54, 1.807) is 0 Å². The molecule has 7 heteroatoms. The van der Waals surface area contributed by atoms with Crippen molar-refractivity contribution in [1.82, 2.24) is 14.7 Å². The first kappa shape index (κ1) is 11.9. The lowest BCUT2D eigenvalue weighted by molar-refractivity contribution is 0.0248. The zero-order valence-electron chi connectivity index (χ0n) is 10.9. The Hall–Kier alpha value is -0.890. The molecule has 3 unspecified atom stereocenters. The molecule has 0 aromatic rings. The summed E-state index contributed by atoms with van der Waals surface area (Å²) in [6, 6.07) is 0.110. The molecule has 4 aliphatic heterocycles. The van der Waals surface area contributed by atoms with Gasteiger partial charge in [0.1, 0.15) is 0 Å². The summed E-state index contributed by atoms with van der Waals surface area (Å²) in [5.41, 5.74) is 0. The summed E-state index contributed by atoms with van der Waals surface area (Å²) in [5, 5.41) is 0. The lowest BCUT2D eigenvalue weighted by Crippen LogP contribution is -2.59. The van der Waals surface area contributed by atoms with Gasteiger partial charge in [0.25, 0.3) is 0 Å². The summed E-state index contributed by atoms with van der Waals surface area (Å²) in [6.45, 7) is 6.06. The van der Waals surface area contributed by atoms with E-state index in [4.69, 9.17) is 14.2 Å². The molecule has 106 valence electrons. The van der Waals surface area contributed by atoms with Crippen molar-refractivity contribution in [2.24, 2.45) is 0 Å². The Morgan fingerprint density at radius 2 is 1.26 bits per heavy atom. The van der Waals surface area contributed by atoms with Crippen molar-refractivity contribution in [2.75, 3.05) is 52.8 Å². The van der Waals surface area contributed by atoms with Crippen LogP contribution in [-0.2, 0) is 14.2 Å². The molecule has 4 saturated heterocycles. The number of hydrogen-bond donors (Lipinski definition) is 0. The van der Waals surface area contributed by atoms with E-state index in [0.29, 0.717) is 32.5 Å². The lowest BCUT2D eigenvalue weighted by atomic mass is 10.3. The average molecular weight is 269 g/mol. The Bertz CT molecular complexity index is 342. The number of epoxide rings is 3. The summed E-state index contributed by atoms with van der Waals surface area (Å²) in [7, 11) is 0. The number of nitrogens with zero attached hydrogens (tertiary/aromatic N) is 3. The number of urea groups is 1. The van der Waals surface area contributed by atoms with E-state index in [0.717, 1.165) is 26.4 Å². The Morgan fingerprint density at radius 3 is 1.68 bits per heavy atom. The number of carbonyl (C=O) groups excluding carboxylic acids is 1. The molecule has 0 N–H and O–H groups in total. The van der Waals surface area contributed by atoms with Crippen molar-refractivity contribution >= 4 is 6.03 Å². The first-order valence-corrected chi connectivity index (χ1v) is 6.89. The molecule has 0 aliphatic carbocycles. The van der Waals surface area contributed by atoms with Crippen molar-refractivity contribution in [1.29, 1.82) is 0 Å². The minimum atomic E-state index is 0.110. The van der Waals surface area contributed by atoms with Crippen LogP contribution in [0.15, 0.2) is 0 Å². The number of hydrogen-bond acceptors (Lipinski definition) is 5. The maximum Gasteiger partial charge on any atom is 0.322 e. The van der Waals surface area contributed by atoms with Crippen molar-refractivity contribution < 1.29 is 19.0 Å². The number of amides is 2. The minimum absolute atomic E-state index is 0.110. The topological polar surface area (TPSA) is 64.4 Å². The Morgan fingerprint density at radius 1 is 0.842 bits per heavy atom. The third kappa shape index (κ3) is 3.00. The molecule has 0 aromatic heterocycles. The van der Waals surface area contributed by atoms with Crippen LogP contribution in [0.2, 0.25) is 0 Å². The molecular formula is C12H19N3O4. The van der Waals surface area contributed by atoms with Gasteiger partial charge in [-0.15, -0.1) is 0 Å². The second-order valence-electron chi connectivity index (χ2n) is 5.73. The number of ether oxygens (including phenoxy) is 3. The summed E-state index contributed by atoms with van der Waals surface area (Å²) in [6.07, 6.45) is 0.825. The lowest BCUT2D eigenvalue weighted by Gasteiger charge is -2.41. The van der Waals surface area contributed by atoms with Gasteiger partial charge in [0.15, 0.2) is 0 Å². The average Bonchev–Trinajstić information content (AvgIpc) is 3.22. The predicted octanol–water partition coefficient (Wildman–Crippen LogP) is -0.863. The van der Waals surface area contributed by atoms with Crippen LogP contribution in [0.4, 0.5) is 4.79 Å². The van der Waals surface area contributed by atoms with Gasteiger partial charge >= 0.3 is 6.03 Å². The second kappa shape index (κ2) is 4.59. The van der Waals surface area contributed by atoms with Gasteiger partial charge in [0, 0.05) is 6.54 Å². The van der Waals surface area contributed by atoms with Gasteiger partial charge in [-0.25, -0.2) is 4.79 Å². The largest absolute Gasteiger partial charge is 0.372 e. The number of carbonyl (C=O) groups is 1. The monoisotopic (exact) mass is 269 g/mol. The fourth-order valence-corrected chi connectivity index (χ4v) is 2.54. The first-order chi connectivity index (χ1) is 9.28. The molecular weight excluding hydrogens is 250 g/mol. The van der Waals surface area contributed by atoms with Crippen LogP contribution < -0.4 is 0 Å². The van der Waals surface area contributed by atoms with E-state index in [9.17, 15) is 4.79 Å². The fraction of sp³-hybridized carbons (Fsp3) is 0.917. The molecule has 4 aliphatic rings. The molecule has 0 bridgehead atoms.